The molecular formula is C20H21N3O4S. The predicted octanol–water partition coefficient (Wildman–Crippen LogP) is 1.47. The molecule has 3 aromatic rings. The number of primary sulfonamides is 1. The monoisotopic (exact) mass is 399 g/mol. The molecule has 7 nitrogen and oxygen atoms in total. The van der Waals surface area contributed by atoms with Crippen molar-refractivity contribution in [3.8, 4) is 0 Å². The number of aromatic nitrogens is 1. The maximum atomic E-state index is 12.1. The summed E-state index contributed by atoms with van der Waals surface area (Å²) in [6.45, 7) is 0.418. The van der Waals surface area contributed by atoms with E-state index >= 15 is 0 Å². The Labute approximate surface area is 162 Å². The van der Waals surface area contributed by atoms with Crippen LogP contribution < -0.4 is 16.0 Å². The summed E-state index contributed by atoms with van der Waals surface area (Å²) in [7, 11) is -3.70. The maximum Gasteiger partial charge on any atom is 0.251 e. The van der Waals surface area contributed by atoms with Crippen LogP contribution in [0, 0.1) is 0 Å². The Morgan fingerprint density at radius 2 is 1.75 bits per heavy atom. The summed E-state index contributed by atoms with van der Waals surface area (Å²) in [6.07, 6.45) is 1.13. The van der Waals surface area contributed by atoms with Crippen LogP contribution in [0.1, 0.15) is 17.5 Å². The topological polar surface area (TPSA) is 122 Å². The lowest BCUT2D eigenvalue weighted by atomic mass is 10.1. The Bertz CT molecular complexity index is 1150. The average Bonchev–Trinajstić information content (AvgIpc) is 2.66. The molecule has 8 heteroatoms. The first-order chi connectivity index (χ1) is 13.3. The Hall–Kier alpha value is -2.97. The number of benzene rings is 2. The Morgan fingerprint density at radius 1 is 1.04 bits per heavy atom. The van der Waals surface area contributed by atoms with Gasteiger partial charge < -0.3 is 10.3 Å². The van der Waals surface area contributed by atoms with Crippen LogP contribution in [-0.4, -0.2) is 25.9 Å². The molecule has 0 spiro atoms. The molecule has 0 aliphatic carbocycles. The third kappa shape index (κ3) is 5.05. The van der Waals surface area contributed by atoms with Crippen molar-refractivity contribution in [2.75, 3.05) is 6.54 Å². The van der Waals surface area contributed by atoms with Gasteiger partial charge in [-0.25, -0.2) is 13.6 Å². The number of fused-ring (bicyclic) bond motifs is 1. The number of amides is 1. The minimum absolute atomic E-state index is 0.0564. The number of aryl methyl sites for hydroxylation is 1. The molecule has 2 aromatic carbocycles. The summed E-state index contributed by atoms with van der Waals surface area (Å²) < 4.78 is 22.5. The molecule has 3 rings (SSSR count). The van der Waals surface area contributed by atoms with Crippen LogP contribution in [0.3, 0.4) is 0 Å². The summed E-state index contributed by atoms with van der Waals surface area (Å²) in [6, 6.07) is 15.5. The van der Waals surface area contributed by atoms with Gasteiger partial charge in [-0.1, -0.05) is 30.3 Å². The fourth-order valence-electron chi connectivity index (χ4n) is 2.91. The van der Waals surface area contributed by atoms with Gasteiger partial charge >= 0.3 is 0 Å². The highest BCUT2D eigenvalue weighted by atomic mass is 32.2. The van der Waals surface area contributed by atoms with Gasteiger partial charge in [-0.05, 0) is 48.1 Å². The van der Waals surface area contributed by atoms with Crippen molar-refractivity contribution < 1.29 is 13.2 Å². The number of nitrogens with one attached hydrogen (secondary N) is 2. The Balaban J connectivity index is 1.50. The lowest BCUT2D eigenvalue weighted by Gasteiger charge is -2.07. The van der Waals surface area contributed by atoms with Crippen LogP contribution >= 0.6 is 0 Å². The zero-order valence-corrected chi connectivity index (χ0v) is 16.0. The highest BCUT2D eigenvalue weighted by Gasteiger charge is 2.08. The lowest BCUT2D eigenvalue weighted by Crippen LogP contribution is -2.26. The van der Waals surface area contributed by atoms with Crippen molar-refractivity contribution in [1.29, 1.82) is 0 Å². The Morgan fingerprint density at radius 3 is 2.46 bits per heavy atom. The second-order valence-electron chi connectivity index (χ2n) is 6.50. The third-order valence-electron chi connectivity index (χ3n) is 4.44. The van der Waals surface area contributed by atoms with Gasteiger partial charge in [0.25, 0.3) is 5.56 Å². The van der Waals surface area contributed by atoms with Gasteiger partial charge in [0.05, 0.1) is 4.90 Å². The van der Waals surface area contributed by atoms with Gasteiger partial charge in [0.1, 0.15) is 0 Å². The van der Waals surface area contributed by atoms with Gasteiger partial charge in [0.2, 0.25) is 15.9 Å². The van der Waals surface area contributed by atoms with E-state index in [1.165, 1.54) is 12.1 Å². The molecule has 1 heterocycles. The van der Waals surface area contributed by atoms with Crippen molar-refractivity contribution in [1.82, 2.24) is 10.3 Å². The van der Waals surface area contributed by atoms with E-state index in [1.807, 2.05) is 30.3 Å². The van der Waals surface area contributed by atoms with E-state index in [4.69, 9.17) is 5.14 Å². The number of carbonyl (C=O) groups is 1. The molecule has 0 radical (unpaired) electrons. The molecule has 0 atom stereocenters. The van der Waals surface area contributed by atoms with E-state index in [0.29, 0.717) is 24.9 Å². The molecule has 0 aliphatic rings. The van der Waals surface area contributed by atoms with E-state index in [-0.39, 0.29) is 22.8 Å². The summed E-state index contributed by atoms with van der Waals surface area (Å²) in [5, 5.41) is 8.80. The molecule has 0 aliphatic heterocycles. The van der Waals surface area contributed by atoms with Crippen molar-refractivity contribution >= 4 is 26.8 Å². The lowest BCUT2D eigenvalue weighted by molar-refractivity contribution is -0.121. The summed E-state index contributed by atoms with van der Waals surface area (Å²) >= 11 is 0. The fraction of sp³-hybridized carbons (Fsp3) is 0.200. The third-order valence-corrected chi connectivity index (χ3v) is 5.37. The van der Waals surface area contributed by atoms with Gasteiger partial charge in [-0.3, -0.25) is 9.59 Å². The molecule has 0 bridgehead atoms. The van der Waals surface area contributed by atoms with Gasteiger partial charge in [-0.15, -0.1) is 0 Å². The molecule has 4 N–H and O–H groups in total. The molecule has 0 fully saturated rings. The van der Waals surface area contributed by atoms with Crippen LogP contribution in [0.15, 0.2) is 64.3 Å². The fourth-order valence-corrected chi connectivity index (χ4v) is 3.42. The zero-order chi connectivity index (χ0) is 20.1. The molecule has 146 valence electrons. The first kappa shape index (κ1) is 19.8. The number of para-hydroxylation sites is 1. The normalized spacial score (nSPS) is 11.5. The molecular weight excluding hydrogens is 378 g/mol. The number of hydrogen-bond donors (Lipinski definition) is 3. The number of rotatable bonds is 7. The SMILES string of the molecule is NS(=O)(=O)c1ccc(CCNC(=O)CCc2cc3ccccc3[nH]c2=O)cc1. The number of H-pyrrole nitrogens is 1. The minimum atomic E-state index is -3.70. The van der Waals surface area contributed by atoms with Crippen LogP contribution in [0.5, 0.6) is 0 Å². The number of pyridine rings is 1. The minimum Gasteiger partial charge on any atom is -0.356 e. The smallest absolute Gasteiger partial charge is 0.251 e. The van der Waals surface area contributed by atoms with E-state index in [0.717, 1.165) is 16.5 Å². The van der Waals surface area contributed by atoms with Crippen LogP contribution in [-0.2, 0) is 27.7 Å². The highest BCUT2D eigenvalue weighted by Crippen LogP contribution is 2.11. The quantitative estimate of drug-likeness (QED) is 0.557. The number of sulfonamides is 1. The van der Waals surface area contributed by atoms with E-state index in [2.05, 4.69) is 10.3 Å². The molecule has 0 unspecified atom stereocenters. The first-order valence-corrected chi connectivity index (χ1v) is 10.4. The zero-order valence-electron chi connectivity index (χ0n) is 15.1. The van der Waals surface area contributed by atoms with Crippen LogP contribution in [0.25, 0.3) is 10.9 Å². The first-order valence-electron chi connectivity index (χ1n) is 8.82. The Kier molecular flexibility index (Phi) is 5.91. The standard InChI is InChI=1S/C20H21N3O4S/c21-28(26,27)17-8-5-14(6-9-17)11-12-22-19(24)10-7-16-13-15-3-1-2-4-18(15)23-20(16)25/h1-6,8-9,13H,7,10-12H2,(H,22,24)(H,23,25)(H2,21,26,27). The van der Waals surface area contributed by atoms with Gasteiger partial charge in [0, 0.05) is 24.0 Å². The van der Waals surface area contributed by atoms with Gasteiger partial charge in [0.15, 0.2) is 0 Å². The van der Waals surface area contributed by atoms with E-state index in [1.54, 1.807) is 12.1 Å². The number of hydrogen-bond acceptors (Lipinski definition) is 4. The predicted molar refractivity (Wildman–Crippen MR) is 107 cm³/mol. The second-order valence-corrected chi connectivity index (χ2v) is 8.06. The molecule has 1 amide bonds. The van der Waals surface area contributed by atoms with Crippen molar-refractivity contribution in [2.45, 2.75) is 24.2 Å². The van der Waals surface area contributed by atoms with E-state index < -0.39 is 10.0 Å². The molecule has 0 saturated heterocycles. The van der Waals surface area contributed by atoms with Crippen molar-refractivity contribution in [3.63, 3.8) is 0 Å². The van der Waals surface area contributed by atoms with Crippen LogP contribution in [0.2, 0.25) is 0 Å². The maximum absolute atomic E-state index is 12.1. The average molecular weight is 399 g/mol. The van der Waals surface area contributed by atoms with Crippen molar-refractivity contribution in [3.05, 3.63) is 76.1 Å². The molecule has 28 heavy (non-hydrogen) atoms. The molecule has 1 aromatic heterocycles. The summed E-state index contributed by atoms with van der Waals surface area (Å²) in [5.41, 5.74) is 2.06. The van der Waals surface area contributed by atoms with Gasteiger partial charge in [-0.2, -0.15) is 0 Å². The summed E-state index contributed by atoms with van der Waals surface area (Å²) in [4.78, 5) is 27.0. The summed E-state index contributed by atoms with van der Waals surface area (Å²) in [5.74, 6) is -0.145. The number of carbonyl (C=O) groups excluding carboxylic acids is 1. The number of aromatic amines is 1. The van der Waals surface area contributed by atoms with Crippen molar-refractivity contribution in [2.24, 2.45) is 5.14 Å². The highest BCUT2D eigenvalue weighted by molar-refractivity contribution is 7.89. The van der Waals surface area contributed by atoms with E-state index in [9.17, 15) is 18.0 Å². The van der Waals surface area contributed by atoms with Crippen LogP contribution in [0.4, 0.5) is 0 Å². The largest absolute Gasteiger partial charge is 0.356 e. The molecule has 0 saturated carbocycles. The number of nitrogens with two attached hydrogens (primary N) is 1. The second kappa shape index (κ2) is 8.37.